The molecule has 0 saturated heterocycles. The third kappa shape index (κ3) is 6.08. The van der Waals surface area contributed by atoms with E-state index in [4.69, 9.17) is 14.6 Å². The van der Waals surface area contributed by atoms with Crippen LogP contribution in [0, 0.1) is 5.82 Å². The molecule has 1 amide bonds. The molecule has 1 atom stereocenters. The number of aliphatic carboxylic acids is 1. The van der Waals surface area contributed by atoms with E-state index in [-0.39, 0.29) is 12.2 Å². The predicted molar refractivity (Wildman–Crippen MR) is 93.9 cm³/mol. The van der Waals surface area contributed by atoms with Crippen LogP contribution in [0.2, 0.25) is 0 Å². The van der Waals surface area contributed by atoms with Crippen LogP contribution in [-0.4, -0.2) is 29.7 Å². The molecular weight excluding hydrogens is 341 g/mol. The lowest BCUT2D eigenvalue weighted by Gasteiger charge is -2.15. The average Bonchev–Trinajstić information content (AvgIpc) is 2.61. The Bertz CT molecular complexity index is 748. The summed E-state index contributed by atoms with van der Waals surface area (Å²) >= 11 is 0. The molecule has 0 fully saturated rings. The smallest absolute Gasteiger partial charge is 0.303 e. The first-order valence-corrected chi connectivity index (χ1v) is 8.12. The van der Waals surface area contributed by atoms with Gasteiger partial charge in [0.25, 0.3) is 5.91 Å². The van der Waals surface area contributed by atoms with E-state index in [9.17, 15) is 14.0 Å². The van der Waals surface area contributed by atoms with Gasteiger partial charge in [0.05, 0.1) is 6.61 Å². The van der Waals surface area contributed by atoms with E-state index in [0.717, 1.165) is 0 Å². The molecule has 0 aromatic heterocycles. The van der Waals surface area contributed by atoms with Crippen molar-refractivity contribution in [2.75, 3.05) is 11.9 Å². The van der Waals surface area contributed by atoms with Crippen LogP contribution >= 0.6 is 0 Å². The minimum absolute atomic E-state index is 0.0141. The van der Waals surface area contributed by atoms with Crippen LogP contribution in [0.15, 0.2) is 48.5 Å². The summed E-state index contributed by atoms with van der Waals surface area (Å²) < 4.78 is 24.3. The molecule has 1 unspecified atom stereocenters. The number of amides is 1. The maximum Gasteiger partial charge on any atom is 0.303 e. The summed E-state index contributed by atoms with van der Waals surface area (Å²) in [4.78, 5) is 22.6. The van der Waals surface area contributed by atoms with Gasteiger partial charge in [-0.1, -0.05) is 12.1 Å². The Kier molecular flexibility index (Phi) is 6.96. The van der Waals surface area contributed by atoms with Gasteiger partial charge >= 0.3 is 5.97 Å². The minimum atomic E-state index is -0.876. The van der Waals surface area contributed by atoms with E-state index in [1.165, 1.54) is 25.1 Å². The van der Waals surface area contributed by atoms with Crippen LogP contribution in [0.1, 0.15) is 19.8 Å². The Morgan fingerprint density at radius 2 is 1.85 bits per heavy atom. The van der Waals surface area contributed by atoms with E-state index in [1.807, 2.05) is 0 Å². The number of nitrogens with one attached hydrogen (secondary N) is 1. The van der Waals surface area contributed by atoms with Gasteiger partial charge in [-0.25, -0.2) is 4.39 Å². The zero-order valence-corrected chi connectivity index (χ0v) is 14.3. The molecule has 0 heterocycles. The SMILES string of the molecule is CC(Oc1ccccc1F)C(=O)Nc1ccc(OCCCC(=O)O)cc1. The highest BCUT2D eigenvalue weighted by Gasteiger charge is 2.16. The van der Waals surface area contributed by atoms with Gasteiger partial charge in [-0.05, 0) is 49.7 Å². The molecule has 138 valence electrons. The van der Waals surface area contributed by atoms with Crippen molar-refractivity contribution in [2.24, 2.45) is 0 Å². The molecule has 0 aliphatic carbocycles. The molecule has 0 bridgehead atoms. The van der Waals surface area contributed by atoms with Gasteiger partial charge in [0.1, 0.15) is 5.75 Å². The third-order valence-electron chi connectivity index (χ3n) is 3.44. The maximum atomic E-state index is 13.6. The van der Waals surface area contributed by atoms with Crippen molar-refractivity contribution in [1.29, 1.82) is 0 Å². The lowest BCUT2D eigenvalue weighted by Crippen LogP contribution is -2.30. The highest BCUT2D eigenvalue weighted by atomic mass is 19.1. The number of ether oxygens (including phenoxy) is 2. The van der Waals surface area contributed by atoms with Crippen molar-refractivity contribution in [2.45, 2.75) is 25.9 Å². The van der Waals surface area contributed by atoms with Gasteiger partial charge in [-0.15, -0.1) is 0 Å². The molecule has 0 aliphatic heterocycles. The van der Waals surface area contributed by atoms with Crippen LogP contribution in [0.5, 0.6) is 11.5 Å². The summed E-state index contributed by atoms with van der Waals surface area (Å²) in [6, 6.07) is 12.5. The maximum absolute atomic E-state index is 13.6. The number of hydrogen-bond donors (Lipinski definition) is 2. The molecule has 2 aromatic rings. The molecule has 0 aliphatic rings. The van der Waals surface area contributed by atoms with E-state index >= 15 is 0 Å². The molecule has 7 heteroatoms. The molecule has 0 saturated carbocycles. The van der Waals surface area contributed by atoms with E-state index in [2.05, 4.69) is 5.32 Å². The predicted octanol–water partition coefficient (Wildman–Crippen LogP) is 3.48. The molecule has 2 aromatic carbocycles. The Labute approximate surface area is 150 Å². The number of carboxylic acid groups (broad SMARTS) is 1. The average molecular weight is 361 g/mol. The third-order valence-corrected chi connectivity index (χ3v) is 3.44. The summed E-state index contributed by atoms with van der Waals surface area (Å²) in [5, 5.41) is 11.2. The van der Waals surface area contributed by atoms with E-state index in [0.29, 0.717) is 24.5 Å². The highest BCUT2D eigenvalue weighted by Crippen LogP contribution is 2.19. The van der Waals surface area contributed by atoms with Gasteiger partial charge in [0.2, 0.25) is 0 Å². The lowest BCUT2D eigenvalue weighted by molar-refractivity contribution is -0.137. The van der Waals surface area contributed by atoms with Crippen LogP contribution < -0.4 is 14.8 Å². The van der Waals surface area contributed by atoms with Crippen molar-refractivity contribution in [3.8, 4) is 11.5 Å². The number of halogens is 1. The van der Waals surface area contributed by atoms with Crippen molar-refractivity contribution < 1.29 is 28.6 Å². The number of para-hydroxylation sites is 1. The summed E-state index contributed by atoms with van der Waals surface area (Å²) in [7, 11) is 0. The molecular formula is C19H20FNO5. The summed E-state index contributed by atoms with van der Waals surface area (Å²) in [5.41, 5.74) is 0.539. The lowest BCUT2D eigenvalue weighted by atomic mass is 10.2. The molecule has 2 N–H and O–H groups in total. The number of carbonyl (C=O) groups is 2. The second-order valence-electron chi connectivity index (χ2n) is 5.55. The largest absolute Gasteiger partial charge is 0.494 e. The fourth-order valence-electron chi connectivity index (χ4n) is 2.08. The zero-order chi connectivity index (χ0) is 18.9. The van der Waals surface area contributed by atoms with Gasteiger partial charge in [0, 0.05) is 12.1 Å². The number of carboxylic acids is 1. The normalized spacial score (nSPS) is 11.5. The Hall–Kier alpha value is -3.09. The minimum Gasteiger partial charge on any atom is -0.494 e. The van der Waals surface area contributed by atoms with Crippen LogP contribution in [-0.2, 0) is 9.59 Å². The van der Waals surface area contributed by atoms with Crippen LogP contribution in [0.25, 0.3) is 0 Å². The highest BCUT2D eigenvalue weighted by molar-refractivity contribution is 5.94. The van der Waals surface area contributed by atoms with Gasteiger partial charge < -0.3 is 19.9 Å². The van der Waals surface area contributed by atoms with Gasteiger partial charge in [-0.3, -0.25) is 9.59 Å². The second kappa shape index (κ2) is 9.41. The quantitative estimate of drug-likeness (QED) is 0.668. The van der Waals surface area contributed by atoms with Crippen molar-refractivity contribution in [3.63, 3.8) is 0 Å². The molecule has 26 heavy (non-hydrogen) atoms. The van der Waals surface area contributed by atoms with Crippen molar-refractivity contribution in [1.82, 2.24) is 0 Å². The topological polar surface area (TPSA) is 84.9 Å². The molecule has 0 spiro atoms. The Balaban J connectivity index is 1.83. The summed E-state index contributed by atoms with van der Waals surface area (Å²) in [6.07, 6.45) is -0.411. The van der Waals surface area contributed by atoms with E-state index in [1.54, 1.807) is 30.3 Å². The summed E-state index contributed by atoms with van der Waals surface area (Å²) in [6.45, 7) is 1.83. The first-order chi connectivity index (χ1) is 12.5. The molecule has 2 rings (SSSR count). The zero-order valence-electron chi connectivity index (χ0n) is 14.3. The number of rotatable bonds is 9. The summed E-state index contributed by atoms with van der Waals surface area (Å²) in [5.74, 6) is -1.22. The monoisotopic (exact) mass is 361 g/mol. The number of carbonyl (C=O) groups excluding carboxylic acids is 1. The Morgan fingerprint density at radius 3 is 2.50 bits per heavy atom. The number of benzene rings is 2. The van der Waals surface area contributed by atoms with Crippen LogP contribution in [0.4, 0.5) is 10.1 Å². The van der Waals surface area contributed by atoms with Gasteiger partial charge in [-0.2, -0.15) is 0 Å². The molecule has 6 nitrogen and oxygen atoms in total. The number of anilines is 1. The molecule has 0 radical (unpaired) electrons. The van der Waals surface area contributed by atoms with E-state index < -0.39 is 23.8 Å². The fourth-order valence-corrected chi connectivity index (χ4v) is 2.08. The van der Waals surface area contributed by atoms with Crippen molar-refractivity contribution in [3.05, 3.63) is 54.3 Å². The fraction of sp³-hybridized carbons (Fsp3) is 0.263. The first-order valence-electron chi connectivity index (χ1n) is 8.12. The van der Waals surface area contributed by atoms with Crippen molar-refractivity contribution >= 4 is 17.6 Å². The van der Waals surface area contributed by atoms with Gasteiger partial charge in [0.15, 0.2) is 17.7 Å². The standard InChI is InChI=1S/C19H20FNO5/c1-13(26-17-6-3-2-5-16(17)20)19(24)21-14-8-10-15(11-9-14)25-12-4-7-18(22)23/h2-3,5-6,8-11,13H,4,7,12H2,1H3,(H,21,24)(H,22,23). The Morgan fingerprint density at radius 1 is 1.15 bits per heavy atom. The van der Waals surface area contributed by atoms with Crippen LogP contribution in [0.3, 0.4) is 0 Å². The second-order valence-corrected chi connectivity index (χ2v) is 5.55. The number of hydrogen-bond acceptors (Lipinski definition) is 4. The first kappa shape index (κ1) is 19.2.